The Morgan fingerprint density at radius 1 is 1.35 bits per heavy atom. The predicted octanol–water partition coefficient (Wildman–Crippen LogP) is 4.40. The van der Waals surface area contributed by atoms with Crippen molar-refractivity contribution in [3.63, 3.8) is 0 Å². The molecule has 0 aliphatic carbocycles. The molecule has 1 aromatic heterocycles. The smallest absolute Gasteiger partial charge is 0.0369 e. The summed E-state index contributed by atoms with van der Waals surface area (Å²) in [6.07, 6.45) is 1.03. The average molecular weight is 310 g/mol. The van der Waals surface area contributed by atoms with Crippen molar-refractivity contribution >= 4 is 27.3 Å². The zero-order chi connectivity index (χ0) is 12.1. The second-order valence-electron chi connectivity index (χ2n) is 4.00. The summed E-state index contributed by atoms with van der Waals surface area (Å²) in [5, 5.41) is 7.91. The second kappa shape index (κ2) is 6.34. The molecule has 17 heavy (non-hydrogen) atoms. The summed E-state index contributed by atoms with van der Waals surface area (Å²) < 4.78 is 1.15. The van der Waals surface area contributed by atoms with Gasteiger partial charge in [-0.1, -0.05) is 35.0 Å². The van der Waals surface area contributed by atoms with Crippen molar-refractivity contribution in [2.75, 3.05) is 6.54 Å². The lowest BCUT2D eigenvalue weighted by Crippen LogP contribution is -2.22. The Kier molecular flexibility index (Phi) is 4.77. The van der Waals surface area contributed by atoms with Gasteiger partial charge < -0.3 is 5.32 Å². The first-order valence-corrected chi connectivity index (χ1v) is 7.53. The number of likely N-dealkylation sites (N-methyl/N-ethyl adjacent to an activating group) is 1. The van der Waals surface area contributed by atoms with Crippen LogP contribution < -0.4 is 5.32 Å². The van der Waals surface area contributed by atoms with E-state index in [0.717, 1.165) is 17.4 Å². The second-order valence-corrected chi connectivity index (χ2v) is 5.70. The highest BCUT2D eigenvalue weighted by atomic mass is 79.9. The molecular weight excluding hydrogens is 294 g/mol. The normalized spacial score (nSPS) is 12.6. The molecule has 0 aliphatic heterocycles. The molecule has 1 aromatic carbocycles. The van der Waals surface area contributed by atoms with Crippen LogP contribution in [0.3, 0.4) is 0 Å². The topological polar surface area (TPSA) is 12.0 Å². The Morgan fingerprint density at radius 2 is 2.24 bits per heavy atom. The van der Waals surface area contributed by atoms with Gasteiger partial charge in [0.25, 0.3) is 0 Å². The molecule has 0 bridgehead atoms. The van der Waals surface area contributed by atoms with Crippen LogP contribution in [0.5, 0.6) is 0 Å². The molecule has 2 rings (SSSR count). The number of thiophene rings is 1. The molecule has 0 fully saturated rings. The number of hydrogen-bond donors (Lipinski definition) is 1. The minimum Gasteiger partial charge on any atom is -0.310 e. The quantitative estimate of drug-likeness (QED) is 0.863. The Morgan fingerprint density at radius 3 is 2.88 bits per heavy atom. The third-order valence-corrected chi connectivity index (χ3v) is 3.92. The van der Waals surface area contributed by atoms with E-state index in [0.29, 0.717) is 6.04 Å². The van der Waals surface area contributed by atoms with Crippen molar-refractivity contribution < 1.29 is 0 Å². The maximum absolute atomic E-state index is 3.54. The van der Waals surface area contributed by atoms with Gasteiger partial charge in [-0.25, -0.2) is 0 Å². The SMILES string of the molecule is CCNC(Cc1cccc(Br)c1)c1ccsc1. The van der Waals surface area contributed by atoms with Crippen LogP contribution >= 0.6 is 27.3 Å². The molecule has 0 saturated carbocycles. The summed E-state index contributed by atoms with van der Waals surface area (Å²) in [6, 6.07) is 11.2. The summed E-state index contributed by atoms with van der Waals surface area (Å²) in [5.41, 5.74) is 2.74. The largest absolute Gasteiger partial charge is 0.310 e. The van der Waals surface area contributed by atoms with Gasteiger partial charge >= 0.3 is 0 Å². The molecule has 1 unspecified atom stereocenters. The van der Waals surface area contributed by atoms with Crippen molar-refractivity contribution in [2.24, 2.45) is 0 Å². The monoisotopic (exact) mass is 309 g/mol. The molecule has 0 amide bonds. The summed E-state index contributed by atoms with van der Waals surface area (Å²) in [6.45, 7) is 3.15. The molecule has 0 saturated heterocycles. The molecule has 0 aliphatic rings. The maximum atomic E-state index is 3.54. The van der Waals surface area contributed by atoms with E-state index in [1.54, 1.807) is 11.3 Å². The van der Waals surface area contributed by atoms with E-state index in [-0.39, 0.29) is 0 Å². The standard InChI is InChI=1S/C14H16BrNS/c1-2-16-14(12-6-7-17-10-12)9-11-4-3-5-13(15)8-11/h3-8,10,14,16H,2,9H2,1H3. The third kappa shape index (κ3) is 3.66. The van der Waals surface area contributed by atoms with Crippen molar-refractivity contribution in [1.29, 1.82) is 0 Å². The molecule has 1 heterocycles. The Balaban J connectivity index is 2.13. The van der Waals surface area contributed by atoms with E-state index in [2.05, 4.69) is 69.3 Å². The van der Waals surface area contributed by atoms with E-state index in [9.17, 15) is 0 Å². The number of benzene rings is 1. The fraction of sp³-hybridized carbons (Fsp3) is 0.286. The minimum atomic E-state index is 0.417. The van der Waals surface area contributed by atoms with Crippen LogP contribution in [0.15, 0.2) is 45.6 Å². The lowest BCUT2D eigenvalue weighted by molar-refractivity contribution is 0.551. The van der Waals surface area contributed by atoms with Gasteiger partial charge in [0, 0.05) is 10.5 Å². The first-order valence-electron chi connectivity index (χ1n) is 5.79. The van der Waals surface area contributed by atoms with Crippen LogP contribution in [0.2, 0.25) is 0 Å². The van der Waals surface area contributed by atoms with E-state index in [4.69, 9.17) is 0 Å². The van der Waals surface area contributed by atoms with Gasteiger partial charge in [0.2, 0.25) is 0 Å². The van der Waals surface area contributed by atoms with Crippen LogP contribution in [0, 0.1) is 0 Å². The van der Waals surface area contributed by atoms with Crippen molar-refractivity contribution in [2.45, 2.75) is 19.4 Å². The van der Waals surface area contributed by atoms with Crippen LogP contribution in [-0.2, 0) is 6.42 Å². The van der Waals surface area contributed by atoms with Crippen molar-refractivity contribution in [3.8, 4) is 0 Å². The van der Waals surface area contributed by atoms with Crippen LogP contribution in [0.1, 0.15) is 24.1 Å². The number of halogens is 1. The molecule has 0 spiro atoms. The third-order valence-electron chi connectivity index (χ3n) is 2.72. The average Bonchev–Trinajstić information content (AvgIpc) is 2.82. The Hall–Kier alpha value is -0.640. The molecule has 1 atom stereocenters. The first kappa shape index (κ1) is 12.8. The fourth-order valence-electron chi connectivity index (χ4n) is 1.93. The molecular formula is C14H16BrNS. The van der Waals surface area contributed by atoms with Crippen LogP contribution in [0.25, 0.3) is 0 Å². The van der Waals surface area contributed by atoms with Crippen LogP contribution in [0.4, 0.5) is 0 Å². The minimum absolute atomic E-state index is 0.417. The highest BCUT2D eigenvalue weighted by Crippen LogP contribution is 2.22. The predicted molar refractivity (Wildman–Crippen MR) is 78.6 cm³/mol. The summed E-state index contributed by atoms with van der Waals surface area (Å²) in [4.78, 5) is 0. The van der Waals surface area contributed by atoms with E-state index in [1.165, 1.54) is 11.1 Å². The van der Waals surface area contributed by atoms with Crippen molar-refractivity contribution in [1.82, 2.24) is 5.32 Å². The van der Waals surface area contributed by atoms with Gasteiger partial charge in [-0.15, -0.1) is 0 Å². The summed E-state index contributed by atoms with van der Waals surface area (Å²) in [7, 11) is 0. The highest BCUT2D eigenvalue weighted by molar-refractivity contribution is 9.10. The number of nitrogens with one attached hydrogen (secondary N) is 1. The van der Waals surface area contributed by atoms with Gasteiger partial charge in [-0.2, -0.15) is 11.3 Å². The molecule has 90 valence electrons. The van der Waals surface area contributed by atoms with Gasteiger partial charge in [-0.05, 0) is 53.1 Å². The molecule has 1 N–H and O–H groups in total. The number of rotatable bonds is 5. The van der Waals surface area contributed by atoms with Gasteiger partial charge in [0.05, 0.1) is 0 Å². The first-order chi connectivity index (χ1) is 8.29. The summed E-state index contributed by atoms with van der Waals surface area (Å²) >= 11 is 5.28. The molecule has 1 nitrogen and oxygen atoms in total. The lowest BCUT2D eigenvalue weighted by Gasteiger charge is -2.17. The summed E-state index contributed by atoms with van der Waals surface area (Å²) in [5.74, 6) is 0. The van der Waals surface area contributed by atoms with Gasteiger partial charge in [0.1, 0.15) is 0 Å². The highest BCUT2D eigenvalue weighted by Gasteiger charge is 2.11. The molecule has 3 heteroatoms. The van der Waals surface area contributed by atoms with E-state index < -0.39 is 0 Å². The van der Waals surface area contributed by atoms with Gasteiger partial charge in [-0.3, -0.25) is 0 Å². The molecule has 2 aromatic rings. The van der Waals surface area contributed by atoms with E-state index >= 15 is 0 Å². The zero-order valence-corrected chi connectivity index (χ0v) is 12.2. The van der Waals surface area contributed by atoms with Gasteiger partial charge in [0.15, 0.2) is 0 Å². The number of hydrogen-bond acceptors (Lipinski definition) is 2. The Bertz CT molecular complexity index is 453. The Labute approximate surface area is 115 Å². The van der Waals surface area contributed by atoms with Crippen molar-refractivity contribution in [3.05, 3.63) is 56.7 Å². The zero-order valence-electron chi connectivity index (χ0n) is 9.82. The van der Waals surface area contributed by atoms with E-state index in [1.807, 2.05) is 0 Å². The fourth-order valence-corrected chi connectivity index (χ4v) is 3.09. The molecule has 0 radical (unpaired) electrons. The van der Waals surface area contributed by atoms with Crippen LogP contribution in [-0.4, -0.2) is 6.54 Å². The lowest BCUT2D eigenvalue weighted by atomic mass is 10.0. The maximum Gasteiger partial charge on any atom is 0.0369 e.